The third kappa shape index (κ3) is 2.80. The summed E-state index contributed by atoms with van der Waals surface area (Å²) in [6.07, 6.45) is 2.43. The zero-order chi connectivity index (χ0) is 12.5. The Kier molecular flexibility index (Phi) is 3.73. The summed E-state index contributed by atoms with van der Waals surface area (Å²) in [6.45, 7) is 3.46. The lowest BCUT2D eigenvalue weighted by Crippen LogP contribution is -2.54. The van der Waals surface area contributed by atoms with Crippen molar-refractivity contribution in [3.63, 3.8) is 0 Å². The van der Waals surface area contributed by atoms with Gasteiger partial charge < -0.3 is 10.2 Å². The summed E-state index contributed by atoms with van der Waals surface area (Å²) >= 11 is 0. The highest BCUT2D eigenvalue weighted by atomic mass is 32.2. The molecule has 0 saturated carbocycles. The number of likely N-dealkylation sites (tertiary alicyclic amines) is 1. The summed E-state index contributed by atoms with van der Waals surface area (Å²) in [5.41, 5.74) is 0. The van der Waals surface area contributed by atoms with Gasteiger partial charge in [-0.2, -0.15) is 0 Å². The molecule has 0 radical (unpaired) electrons. The Morgan fingerprint density at radius 2 is 2.18 bits per heavy atom. The van der Waals surface area contributed by atoms with Gasteiger partial charge in [0, 0.05) is 12.6 Å². The molecule has 0 aromatic carbocycles. The SMILES string of the molecule is CCNC1CCCN(C2CCS(=O)(=O)C2)C1=O. The van der Waals surface area contributed by atoms with Crippen molar-refractivity contribution in [1.82, 2.24) is 10.2 Å². The predicted octanol–water partition coefficient (Wildman–Crippen LogP) is -0.226. The van der Waals surface area contributed by atoms with E-state index in [0.29, 0.717) is 13.0 Å². The quantitative estimate of drug-likeness (QED) is 0.761. The van der Waals surface area contributed by atoms with Crippen LogP contribution in [0.1, 0.15) is 26.2 Å². The standard InChI is InChI=1S/C11H20N2O3S/c1-2-12-10-4-3-6-13(11(10)14)9-5-7-17(15,16)8-9/h9-10,12H,2-8H2,1H3. The molecule has 2 aliphatic rings. The molecule has 0 spiro atoms. The highest BCUT2D eigenvalue weighted by molar-refractivity contribution is 7.91. The van der Waals surface area contributed by atoms with Crippen LogP contribution in [0, 0.1) is 0 Å². The molecule has 0 aromatic heterocycles. The molecule has 1 N–H and O–H groups in total. The Morgan fingerprint density at radius 3 is 2.76 bits per heavy atom. The van der Waals surface area contributed by atoms with E-state index < -0.39 is 9.84 Å². The molecule has 2 rings (SSSR count). The smallest absolute Gasteiger partial charge is 0.239 e. The zero-order valence-electron chi connectivity index (χ0n) is 10.2. The molecule has 1 amide bonds. The van der Waals surface area contributed by atoms with E-state index in [1.165, 1.54) is 0 Å². The molecule has 0 aromatic rings. The van der Waals surface area contributed by atoms with Gasteiger partial charge in [0.1, 0.15) is 0 Å². The van der Waals surface area contributed by atoms with Crippen molar-refractivity contribution in [2.75, 3.05) is 24.6 Å². The first-order valence-electron chi connectivity index (χ1n) is 6.28. The first kappa shape index (κ1) is 12.8. The Balaban J connectivity index is 2.03. The fraction of sp³-hybridized carbons (Fsp3) is 0.909. The van der Waals surface area contributed by atoms with Crippen LogP contribution in [0.3, 0.4) is 0 Å². The number of carbonyl (C=O) groups is 1. The van der Waals surface area contributed by atoms with Crippen molar-refractivity contribution < 1.29 is 13.2 Å². The topological polar surface area (TPSA) is 66.5 Å². The normalized spacial score (nSPS) is 33.0. The van der Waals surface area contributed by atoms with Crippen LogP contribution in [0.2, 0.25) is 0 Å². The van der Waals surface area contributed by atoms with Gasteiger partial charge in [0.25, 0.3) is 0 Å². The van der Waals surface area contributed by atoms with Crippen molar-refractivity contribution in [1.29, 1.82) is 0 Å². The van der Waals surface area contributed by atoms with Crippen LogP contribution in [0.4, 0.5) is 0 Å². The number of hydrogen-bond acceptors (Lipinski definition) is 4. The number of amides is 1. The Hall–Kier alpha value is -0.620. The van der Waals surface area contributed by atoms with E-state index in [-0.39, 0.29) is 29.5 Å². The Morgan fingerprint density at radius 1 is 1.41 bits per heavy atom. The van der Waals surface area contributed by atoms with Crippen LogP contribution >= 0.6 is 0 Å². The first-order valence-corrected chi connectivity index (χ1v) is 8.10. The molecular formula is C11H20N2O3S. The molecular weight excluding hydrogens is 240 g/mol. The molecule has 17 heavy (non-hydrogen) atoms. The van der Waals surface area contributed by atoms with Crippen LogP contribution in [-0.2, 0) is 14.6 Å². The number of sulfone groups is 1. The van der Waals surface area contributed by atoms with E-state index in [4.69, 9.17) is 0 Å². The number of nitrogens with one attached hydrogen (secondary N) is 1. The van der Waals surface area contributed by atoms with Gasteiger partial charge in [-0.05, 0) is 25.8 Å². The summed E-state index contributed by atoms with van der Waals surface area (Å²) < 4.78 is 22.9. The van der Waals surface area contributed by atoms with E-state index in [1.54, 1.807) is 4.90 Å². The maximum absolute atomic E-state index is 12.2. The predicted molar refractivity (Wildman–Crippen MR) is 65.5 cm³/mol. The highest BCUT2D eigenvalue weighted by Crippen LogP contribution is 2.22. The molecule has 2 unspecified atom stereocenters. The monoisotopic (exact) mass is 260 g/mol. The van der Waals surface area contributed by atoms with E-state index in [0.717, 1.165) is 19.4 Å². The maximum Gasteiger partial charge on any atom is 0.239 e. The minimum Gasteiger partial charge on any atom is -0.337 e. The largest absolute Gasteiger partial charge is 0.337 e. The van der Waals surface area contributed by atoms with Crippen LogP contribution in [0.5, 0.6) is 0 Å². The first-order chi connectivity index (χ1) is 8.03. The van der Waals surface area contributed by atoms with Crippen molar-refractivity contribution in [2.45, 2.75) is 38.3 Å². The van der Waals surface area contributed by atoms with E-state index in [9.17, 15) is 13.2 Å². The minimum absolute atomic E-state index is 0.0835. The fourth-order valence-corrected chi connectivity index (χ4v) is 4.45. The van der Waals surface area contributed by atoms with Gasteiger partial charge in [-0.1, -0.05) is 6.92 Å². The van der Waals surface area contributed by atoms with Crippen LogP contribution in [-0.4, -0.2) is 55.9 Å². The van der Waals surface area contributed by atoms with Gasteiger partial charge in [0.15, 0.2) is 9.84 Å². The molecule has 2 fully saturated rings. The number of carbonyl (C=O) groups excluding carboxylic acids is 1. The van der Waals surface area contributed by atoms with Gasteiger partial charge >= 0.3 is 0 Å². The van der Waals surface area contributed by atoms with Gasteiger partial charge in [-0.25, -0.2) is 8.42 Å². The van der Waals surface area contributed by atoms with Gasteiger partial charge in [-0.15, -0.1) is 0 Å². The average Bonchev–Trinajstić information content (AvgIpc) is 2.62. The fourth-order valence-electron chi connectivity index (χ4n) is 2.72. The molecule has 0 aliphatic carbocycles. The molecule has 5 nitrogen and oxygen atoms in total. The second-order valence-corrected chi connectivity index (χ2v) is 7.07. The third-order valence-electron chi connectivity index (χ3n) is 3.57. The summed E-state index contributed by atoms with van der Waals surface area (Å²) in [6, 6.07) is -0.203. The lowest BCUT2D eigenvalue weighted by atomic mass is 10.0. The summed E-state index contributed by atoms with van der Waals surface area (Å²) in [5, 5.41) is 3.17. The number of hydrogen-bond donors (Lipinski definition) is 1. The summed E-state index contributed by atoms with van der Waals surface area (Å²) in [4.78, 5) is 14.0. The highest BCUT2D eigenvalue weighted by Gasteiger charge is 2.38. The Labute approximate surface area is 102 Å². The molecule has 2 saturated heterocycles. The van der Waals surface area contributed by atoms with Crippen molar-refractivity contribution >= 4 is 15.7 Å². The Bertz CT molecular complexity index is 392. The van der Waals surface area contributed by atoms with Crippen molar-refractivity contribution in [2.24, 2.45) is 0 Å². The second kappa shape index (κ2) is 4.94. The van der Waals surface area contributed by atoms with Gasteiger partial charge in [0.05, 0.1) is 17.5 Å². The third-order valence-corrected chi connectivity index (χ3v) is 5.32. The number of likely N-dealkylation sites (N-methyl/N-ethyl adjacent to an activating group) is 1. The molecule has 2 atom stereocenters. The number of piperidine rings is 1. The molecule has 6 heteroatoms. The molecule has 2 aliphatic heterocycles. The summed E-state index contributed by atoms with van der Waals surface area (Å²) in [5.74, 6) is 0.463. The van der Waals surface area contributed by atoms with Crippen LogP contribution in [0.15, 0.2) is 0 Å². The van der Waals surface area contributed by atoms with Crippen LogP contribution < -0.4 is 5.32 Å². The van der Waals surface area contributed by atoms with Crippen molar-refractivity contribution in [3.8, 4) is 0 Å². The zero-order valence-corrected chi connectivity index (χ0v) is 11.0. The lowest BCUT2D eigenvalue weighted by molar-refractivity contribution is -0.137. The lowest BCUT2D eigenvalue weighted by Gasteiger charge is -2.36. The second-order valence-electron chi connectivity index (χ2n) is 4.84. The number of rotatable bonds is 3. The van der Waals surface area contributed by atoms with E-state index in [2.05, 4.69) is 5.32 Å². The maximum atomic E-state index is 12.2. The van der Waals surface area contributed by atoms with Gasteiger partial charge in [-0.3, -0.25) is 4.79 Å². The average molecular weight is 260 g/mol. The molecule has 2 heterocycles. The van der Waals surface area contributed by atoms with Gasteiger partial charge in [0.2, 0.25) is 5.91 Å². The molecule has 98 valence electrons. The van der Waals surface area contributed by atoms with E-state index >= 15 is 0 Å². The van der Waals surface area contributed by atoms with Crippen molar-refractivity contribution in [3.05, 3.63) is 0 Å². The summed E-state index contributed by atoms with van der Waals surface area (Å²) in [7, 11) is -2.91. The molecule has 0 bridgehead atoms. The van der Waals surface area contributed by atoms with E-state index in [1.807, 2.05) is 6.92 Å². The van der Waals surface area contributed by atoms with Crippen LogP contribution in [0.25, 0.3) is 0 Å². The minimum atomic E-state index is -2.91. The number of nitrogens with zero attached hydrogens (tertiary/aromatic N) is 1.